The smallest absolute Gasteiger partial charge is 0.263 e. The second-order valence-electron chi connectivity index (χ2n) is 6.36. The summed E-state index contributed by atoms with van der Waals surface area (Å²) in [5, 5.41) is 0.825. The number of allylic oxidation sites excluding steroid dienone is 1. The summed E-state index contributed by atoms with van der Waals surface area (Å²) >= 11 is 6.98. The molecule has 0 spiro atoms. The Hall–Kier alpha value is -1.24. The lowest BCUT2D eigenvalue weighted by Gasteiger charge is -2.36. The molecule has 0 aromatic carbocycles. The van der Waals surface area contributed by atoms with Gasteiger partial charge < -0.3 is 9.88 Å². The quantitative estimate of drug-likeness (QED) is 0.652. The van der Waals surface area contributed by atoms with Crippen LogP contribution in [0.25, 0.3) is 10.2 Å². The van der Waals surface area contributed by atoms with Crippen molar-refractivity contribution in [2.75, 3.05) is 7.05 Å². The molecular weight excluding hydrogens is 302 g/mol. The zero-order valence-electron chi connectivity index (χ0n) is 12.6. The summed E-state index contributed by atoms with van der Waals surface area (Å²) in [6.45, 7) is 9.62. The summed E-state index contributed by atoms with van der Waals surface area (Å²) in [6.07, 6.45) is 2.62. The zero-order valence-corrected chi connectivity index (χ0v) is 14.2. The van der Waals surface area contributed by atoms with Crippen LogP contribution in [0.3, 0.4) is 0 Å². The second kappa shape index (κ2) is 4.90. The summed E-state index contributed by atoms with van der Waals surface area (Å²) in [7, 11) is 2.21. The normalized spacial score (nSPS) is 20.4. The number of hydrogen-bond donors (Lipinski definition) is 2. The number of likely N-dealkylation sites (N-methyl/N-ethyl adjacent to an activating group) is 1. The number of thiophene rings is 1. The van der Waals surface area contributed by atoms with Crippen molar-refractivity contribution in [3.8, 4) is 0 Å². The van der Waals surface area contributed by atoms with Crippen molar-refractivity contribution in [1.82, 2.24) is 9.55 Å². The van der Waals surface area contributed by atoms with Gasteiger partial charge in [0.2, 0.25) is 0 Å². The number of rotatable bonds is 2. The number of aromatic amines is 1. The largest absolute Gasteiger partial charge is 0.328 e. The van der Waals surface area contributed by atoms with Gasteiger partial charge in [-0.3, -0.25) is 9.36 Å². The Morgan fingerprint density at radius 2 is 2.29 bits per heavy atom. The lowest BCUT2D eigenvalue weighted by Crippen LogP contribution is -3.16. The third-order valence-electron chi connectivity index (χ3n) is 4.53. The minimum atomic E-state index is 0.0153. The highest BCUT2D eigenvalue weighted by Crippen LogP contribution is 2.32. The molecule has 2 aromatic rings. The summed E-state index contributed by atoms with van der Waals surface area (Å²) in [6, 6.07) is 0. The van der Waals surface area contributed by atoms with Crippen molar-refractivity contribution in [3.05, 3.63) is 38.2 Å². The molecule has 112 valence electrons. The van der Waals surface area contributed by atoms with Crippen LogP contribution < -0.4 is 10.5 Å². The van der Waals surface area contributed by atoms with Gasteiger partial charge in [-0.25, -0.2) is 0 Å². The molecule has 1 aliphatic rings. The third kappa shape index (κ3) is 2.22. The molecule has 0 aliphatic carbocycles. The predicted molar refractivity (Wildman–Crippen MR) is 89.8 cm³/mol. The first-order valence-corrected chi connectivity index (χ1v) is 8.29. The first-order chi connectivity index (χ1) is 9.85. The van der Waals surface area contributed by atoms with E-state index in [-0.39, 0.29) is 11.1 Å². The highest BCUT2D eigenvalue weighted by molar-refractivity contribution is 7.71. The molecular formula is C15H20N3OS2+. The van der Waals surface area contributed by atoms with Gasteiger partial charge in [-0.2, -0.15) is 0 Å². The monoisotopic (exact) mass is 322 g/mol. The van der Waals surface area contributed by atoms with Crippen LogP contribution in [-0.4, -0.2) is 22.1 Å². The lowest BCUT2D eigenvalue weighted by atomic mass is 9.88. The number of nitrogens with zero attached hydrogens (tertiary/aromatic N) is 1. The Labute approximate surface area is 132 Å². The van der Waals surface area contributed by atoms with Gasteiger partial charge in [0.15, 0.2) is 4.77 Å². The molecule has 4 nitrogen and oxygen atoms in total. The van der Waals surface area contributed by atoms with Crippen LogP contribution in [0, 0.1) is 4.77 Å². The second-order valence-corrected chi connectivity index (χ2v) is 7.85. The van der Waals surface area contributed by atoms with Gasteiger partial charge in [-0.05, 0) is 31.6 Å². The highest BCUT2D eigenvalue weighted by atomic mass is 32.1. The molecule has 2 N–H and O–H groups in total. The summed E-state index contributed by atoms with van der Waals surface area (Å²) in [5.74, 6) is 0. The fraction of sp³-hybridized carbons (Fsp3) is 0.467. The minimum Gasteiger partial charge on any atom is -0.328 e. The minimum absolute atomic E-state index is 0.0153. The Balaban J connectivity index is 2.32. The van der Waals surface area contributed by atoms with Crippen molar-refractivity contribution >= 4 is 33.8 Å². The number of hydrogen-bond acceptors (Lipinski definition) is 3. The van der Waals surface area contributed by atoms with Gasteiger partial charge in [-0.1, -0.05) is 6.08 Å². The SMILES string of the molecule is C=CCn1c(=S)[nH]c2sc3c(c2c1=O)CC(C)(C)[NH+](C)C3. The third-order valence-corrected chi connectivity index (χ3v) is 6.00. The van der Waals surface area contributed by atoms with Crippen LogP contribution in [0.5, 0.6) is 0 Å². The average Bonchev–Trinajstić information content (AvgIpc) is 2.71. The van der Waals surface area contributed by atoms with E-state index >= 15 is 0 Å². The molecule has 3 heterocycles. The van der Waals surface area contributed by atoms with E-state index in [2.05, 4.69) is 32.5 Å². The van der Waals surface area contributed by atoms with Crippen LogP contribution in [0.15, 0.2) is 17.4 Å². The van der Waals surface area contributed by atoms with Gasteiger partial charge in [0, 0.05) is 13.0 Å². The summed E-state index contributed by atoms with van der Waals surface area (Å²) in [5.41, 5.74) is 1.37. The molecule has 21 heavy (non-hydrogen) atoms. The fourth-order valence-electron chi connectivity index (χ4n) is 2.92. The van der Waals surface area contributed by atoms with Crippen LogP contribution >= 0.6 is 23.6 Å². The maximum Gasteiger partial charge on any atom is 0.263 e. The van der Waals surface area contributed by atoms with E-state index in [4.69, 9.17) is 12.2 Å². The fourth-order valence-corrected chi connectivity index (χ4v) is 4.53. The first kappa shape index (κ1) is 14.7. The van der Waals surface area contributed by atoms with Crippen molar-refractivity contribution in [1.29, 1.82) is 0 Å². The molecule has 3 rings (SSSR count). The van der Waals surface area contributed by atoms with E-state index in [1.165, 1.54) is 15.3 Å². The zero-order chi connectivity index (χ0) is 15.4. The highest BCUT2D eigenvalue weighted by Gasteiger charge is 2.37. The van der Waals surface area contributed by atoms with Crippen molar-refractivity contribution in [2.24, 2.45) is 0 Å². The number of H-pyrrole nitrogens is 1. The standard InChI is InChI=1S/C15H19N3OS2/c1-5-6-18-13(19)11-9-7-15(2,3)17(4)8-10(9)21-12(11)16-14(18)20/h5H,1,6-8H2,2-4H3,(H,16,20)/p+1. The number of aromatic nitrogens is 2. The molecule has 2 aromatic heterocycles. The van der Waals surface area contributed by atoms with Crippen LogP contribution in [-0.2, 0) is 19.5 Å². The van der Waals surface area contributed by atoms with E-state index in [1.54, 1.807) is 22.0 Å². The molecule has 0 fully saturated rings. The number of quaternary nitrogens is 1. The predicted octanol–water partition coefficient (Wildman–Crippen LogP) is 1.66. The molecule has 0 amide bonds. The summed E-state index contributed by atoms with van der Waals surface area (Å²) in [4.78, 5) is 19.7. The molecule has 1 unspecified atom stereocenters. The van der Waals surface area contributed by atoms with Crippen LogP contribution in [0.1, 0.15) is 24.3 Å². The van der Waals surface area contributed by atoms with Crippen molar-refractivity contribution in [2.45, 2.75) is 38.9 Å². The van der Waals surface area contributed by atoms with Crippen LogP contribution in [0.4, 0.5) is 0 Å². The van der Waals surface area contributed by atoms with E-state index < -0.39 is 0 Å². The Bertz CT molecular complexity index is 841. The maximum atomic E-state index is 12.8. The molecule has 0 radical (unpaired) electrons. The van der Waals surface area contributed by atoms with Gasteiger partial charge in [0.05, 0.1) is 22.8 Å². The van der Waals surface area contributed by atoms with Gasteiger partial charge in [-0.15, -0.1) is 17.9 Å². The summed E-state index contributed by atoms with van der Waals surface area (Å²) < 4.78 is 2.07. The van der Waals surface area contributed by atoms with Crippen molar-refractivity contribution < 1.29 is 4.90 Å². The first-order valence-electron chi connectivity index (χ1n) is 7.06. The molecule has 1 atom stereocenters. The van der Waals surface area contributed by atoms with E-state index in [1.807, 2.05) is 0 Å². The Kier molecular flexibility index (Phi) is 3.43. The van der Waals surface area contributed by atoms with E-state index in [0.717, 1.165) is 23.2 Å². The molecule has 6 heteroatoms. The van der Waals surface area contributed by atoms with Gasteiger partial charge in [0.1, 0.15) is 11.4 Å². The topological polar surface area (TPSA) is 42.2 Å². The van der Waals surface area contributed by atoms with Gasteiger partial charge >= 0.3 is 0 Å². The number of nitrogens with one attached hydrogen (secondary N) is 2. The maximum absolute atomic E-state index is 12.8. The Morgan fingerprint density at radius 3 is 2.95 bits per heavy atom. The average molecular weight is 322 g/mol. The van der Waals surface area contributed by atoms with E-state index in [9.17, 15) is 4.79 Å². The van der Waals surface area contributed by atoms with Gasteiger partial charge in [0.25, 0.3) is 5.56 Å². The lowest BCUT2D eigenvalue weighted by molar-refractivity contribution is -0.945. The molecule has 0 saturated heterocycles. The molecule has 1 aliphatic heterocycles. The van der Waals surface area contributed by atoms with Crippen molar-refractivity contribution in [3.63, 3.8) is 0 Å². The van der Waals surface area contributed by atoms with Crippen LogP contribution in [0.2, 0.25) is 0 Å². The van der Waals surface area contributed by atoms with E-state index in [0.29, 0.717) is 11.3 Å². The Morgan fingerprint density at radius 1 is 1.57 bits per heavy atom. The number of fused-ring (bicyclic) bond motifs is 3. The molecule has 0 saturated carbocycles. The molecule has 0 bridgehead atoms.